The van der Waals surface area contributed by atoms with Crippen LogP contribution >= 0.6 is 0 Å². The first-order valence-corrected chi connectivity index (χ1v) is 10.6. The number of hydrogen-bond donors (Lipinski definition) is 7. The lowest BCUT2D eigenvalue weighted by molar-refractivity contribution is -0.169. The van der Waals surface area contributed by atoms with Gasteiger partial charge in [0.2, 0.25) is 10.7 Å². The summed E-state index contributed by atoms with van der Waals surface area (Å²) in [7, 11) is 2.87. The van der Waals surface area contributed by atoms with Crippen LogP contribution in [0, 0.1) is 17.4 Å². The molecule has 0 bridgehead atoms. The van der Waals surface area contributed by atoms with Crippen LogP contribution in [-0.2, 0) is 14.4 Å². The zero-order valence-corrected chi connectivity index (χ0v) is 18.9. The van der Waals surface area contributed by atoms with E-state index < -0.39 is 81.4 Å². The van der Waals surface area contributed by atoms with E-state index in [4.69, 9.17) is 11.3 Å². The van der Waals surface area contributed by atoms with Crippen molar-refractivity contribution in [2.45, 2.75) is 30.6 Å². The number of phenols is 1. The molecule has 13 nitrogen and oxygen atoms in total. The Morgan fingerprint density at radius 1 is 1.23 bits per heavy atom. The third kappa shape index (κ3) is 2.93. The maximum Gasteiger partial charge on any atom is 0.255 e. The highest BCUT2D eigenvalue weighted by atomic mass is 16.4. The number of aliphatic hydroxyl groups excluding tert-OH is 3. The second kappa shape index (κ2) is 7.82. The van der Waals surface area contributed by atoms with E-state index in [1.165, 1.54) is 31.1 Å². The first-order valence-electron chi connectivity index (χ1n) is 10.6. The number of nitrogens with zero attached hydrogens (tertiary/aromatic N) is 3. The molecule has 0 spiro atoms. The summed E-state index contributed by atoms with van der Waals surface area (Å²) in [5.41, 5.74) is 7.64. The van der Waals surface area contributed by atoms with Crippen LogP contribution in [0.2, 0.25) is 0 Å². The standard InChI is InChI=1S/C22H23N5O8/c1-6-7-4-5-8(25-26-24)15(28)10(7)16(29)11-9(6)17(30)13-14(27(2)3)18(31)12(21(23)34)20(33)22(13,35)19(11)32/h4-6,9,13-14,17,24,30,35H,1-3H3,(H4,23,29,31,32,33,34)/p+1/t6-,9+,13-,14+,17-,22+/m1/s1. The zero-order valence-electron chi connectivity index (χ0n) is 18.9. The van der Waals surface area contributed by atoms with E-state index in [0.29, 0.717) is 5.56 Å². The van der Waals surface area contributed by atoms with Crippen molar-refractivity contribution in [1.29, 1.82) is 5.53 Å². The lowest BCUT2D eigenvalue weighted by Gasteiger charge is -2.53. The number of aliphatic hydroxyl groups is 4. The zero-order chi connectivity index (χ0) is 26.1. The number of amides is 1. The van der Waals surface area contributed by atoms with Crippen LogP contribution in [0.15, 0.2) is 34.2 Å². The van der Waals surface area contributed by atoms with Gasteiger partial charge >= 0.3 is 0 Å². The number of ketones is 2. The minimum Gasteiger partial charge on any atom is -0.508 e. The highest BCUT2D eigenvalue weighted by Crippen LogP contribution is 2.56. The molecule has 35 heavy (non-hydrogen) atoms. The monoisotopic (exact) mass is 486 g/mol. The number of primary amides is 1. The number of likely N-dealkylation sites (N-methyl/N-ethyl adjacent to an activating group) is 1. The molecule has 0 saturated heterocycles. The summed E-state index contributed by atoms with van der Waals surface area (Å²) in [6, 6.07) is 1.41. The average molecular weight is 486 g/mol. The maximum atomic E-state index is 13.8. The number of rotatable bonds is 3. The Balaban J connectivity index is 2.07. The Bertz CT molecular complexity index is 1310. The van der Waals surface area contributed by atoms with Crippen LogP contribution in [0.25, 0.3) is 5.76 Å². The highest BCUT2D eigenvalue weighted by Gasteiger charge is 2.68. The molecule has 6 atom stereocenters. The molecule has 3 aliphatic carbocycles. The largest absolute Gasteiger partial charge is 0.508 e. The SMILES string of the molecule is C[C@@H]1c2ccc(N=[N+]=N)c(O)c2C(O)=C2C(=O)[C@]3(O)C(O)=C(C(N)=O)C(=O)[C@@H](N(C)C)[C@@H]3[C@H](O)[C@H]21. The number of phenolic OH excluding ortho intramolecular Hbond substituents is 1. The van der Waals surface area contributed by atoms with Gasteiger partial charge in [0, 0.05) is 11.5 Å². The summed E-state index contributed by atoms with van der Waals surface area (Å²) in [5.74, 6) is -9.77. The van der Waals surface area contributed by atoms with E-state index in [1.54, 1.807) is 6.92 Å². The van der Waals surface area contributed by atoms with Crippen LogP contribution in [0.1, 0.15) is 24.0 Å². The van der Waals surface area contributed by atoms with Crippen molar-refractivity contribution in [2.24, 2.45) is 22.7 Å². The molecule has 0 heterocycles. The van der Waals surface area contributed by atoms with E-state index in [1.807, 2.05) is 0 Å². The molecule has 8 N–H and O–H groups in total. The molecule has 1 fully saturated rings. The van der Waals surface area contributed by atoms with Gasteiger partial charge in [-0.15, -0.1) is 0 Å². The minimum absolute atomic E-state index is 0.174. The fourth-order valence-corrected chi connectivity index (χ4v) is 5.74. The topological polar surface area (TPSA) is 232 Å². The van der Waals surface area contributed by atoms with E-state index in [0.717, 1.165) is 0 Å². The first-order chi connectivity index (χ1) is 16.3. The summed E-state index contributed by atoms with van der Waals surface area (Å²) in [5, 5.41) is 59.1. The van der Waals surface area contributed by atoms with Crippen LogP contribution in [0.4, 0.5) is 5.69 Å². The van der Waals surface area contributed by atoms with Crippen molar-refractivity contribution in [3.05, 3.63) is 40.2 Å². The normalized spacial score (nSPS) is 32.1. The van der Waals surface area contributed by atoms with Gasteiger partial charge < -0.3 is 31.3 Å². The number of Topliss-reactive ketones (excluding diaryl/α,β-unsaturated/α-hetero) is 2. The van der Waals surface area contributed by atoms with Gasteiger partial charge in [0.15, 0.2) is 27.9 Å². The Labute approximate surface area is 198 Å². The molecule has 3 aliphatic rings. The highest BCUT2D eigenvalue weighted by molar-refractivity contribution is 6.24. The molecule has 1 amide bonds. The third-order valence-electron chi connectivity index (χ3n) is 7.27. The Morgan fingerprint density at radius 2 is 1.86 bits per heavy atom. The minimum atomic E-state index is -2.97. The predicted octanol–water partition coefficient (Wildman–Crippen LogP) is -0.322. The van der Waals surface area contributed by atoms with Gasteiger partial charge in [-0.1, -0.05) is 13.0 Å². The van der Waals surface area contributed by atoms with Crippen molar-refractivity contribution < 1.29 is 39.9 Å². The predicted molar refractivity (Wildman–Crippen MR) is 117 cm³/mol. The molecule has 13 heteroatoms. The van der Waals surface area contributed by atoms with Gasteiger partial charge in [-0.05, 0) is 31.6 Å². The van der Waals surface area contributed by atoms with Crippen molar-refractivity contribution in [3.63, 3.8) is 0 Å². The number of carbonyl (C=O) groups excluding carboxylic acids is 3. The summed E-state index contributed by atoms with van der Waals surface area (Å²) in [6.45, 7) is 1.61. The number of carbonyl (C=O) groups is 3. The second-order valence-electron chi connectivity index (χ2n) is 9.15. The van der Waals surface area contributed by atoms with E-state index in [2.05, 4.69) is 10.0 Å². The fraction of sp³-hybridized carbons (Fsp3) is 0.409. The molecular formula is C22H24N5O8+. The van der Waals surface area contributed by atoms with Crippen molar-refractivity contribution in [2.75, 3.05) is 14.1 Å². The smallest absolute Gasteiger partial charge is 0.255 e. The molecule has 184 valence electrons. The van der Waals surface area contributed by atoms with Crippen LogP contribution in [0.3, 0.4) is 0 Å². The number of benzene rings is 1. The molecule has 1 aromatic carbocycles. The molecule has 0 aliphatic heterocycles. The van der Waals surface area contributed by atoms with Gasteiger partial charge in [-0.25, -0.2) is 0 Å². The number of hydrogen-bond acceptors (Lipinski definition) is 11. The summed E-state index contributed by atoms with van der Waals surface area (Å²) in [6.07, 6.45) is -1.67. The molecule has 1 saturated carbocycles. The molecule has 4 rings (SSSR count). The summed E-state index contributed by atoms with van der Waals surface area (Å²) < 4.78 is 0. The Kier molecular flexibility index (Phi) is 5.41. The van der Waals surface area contributed by atoms with E-state index >= 15 is 0 Å². The van der Waals surface area contributed by atoms with Crippen LogP contribution in [-0.4, -0.2) is 79.7 Å². The number of nitrogens with two attached hydrogens (primary N) is 1. The lowest BCUT2D eigenvalue weighted by atomic mass is 9.54. The van der Waals surface area contributed by atoms with Crippen LogP contribution in [0.5, 0.6) is 5.75 Å². The Morgan fingerprint density at radius 3 is 2.40 bits per heavy atom. The second-order valence-corrected chi connectivity index (χ2v) is 9.15. The molecule has 0 radical (unpaired) electrons. The van der Waals surface area contributed by atoms with Gasteiger partial charge in [-0.2, -0.15) is 0 Å². The number of aromatic hydroxyl groups is 1. The van der Waals surface area contributed by atoms with Crippen LogP contribution < -0.4 is 10.6 Å². The lowest BCUT2D eigenvalue weighted by Crippen LogP contribution is -2.70. The fourth-order valence-electron chi connectivity index (χ4n) is 5.74. The van der Waals surface area contributed by atoms with Crippen molar-refractivity contribution >= 4 is 28.9 Å². The maximum absolute atomic E-state index is 13.8. The van der Waals surface area contributed by atoms with Gasteiger partial charge in [0.1, 0.15) is 22.6 Å². The van der Waals surface area contributed by atoms with Crippen molar-refractivity contribution in [3.8, 4) is 5.75 Å². The first kappa shape index (κ1) is 24.2. The number of nitrogens with one attached hydrogen (secondary N) is 1. The number of fused-ring (bicyclic) bond motifs is 3. The van der Waals surface area contributed by atoms with E-state index in [9.17, 15) is 39.9 Å². The van der Waals surface area contributed by atoms with Gasteiger partial charge in [0.05, 0.1) is 23.6 Å². The summed E-state index contributed by atoms with van der Waals surface area (Å²) in [4.78, 5) is 43.0. The molecule has 1 aromatic rings. The average Bonchev–Trinajstić information content (AvgIpc) is 2.77. The summed E-state index contributed by atoms with van der Waals surface area (Å²) >= 11 is 0. The quantitative estimate of drug-likeness (QED) is 0.168. The molecular weight excluding hydrogens is 462 g/mol. The molecule has 0 unspecified atom stereocenters. The third-order valence-corrected chi connectivity index (χ3v) is 7.27. The van der Waals surface area contributed by atoms with Gasteiger partial charge in [-0.3, -0.25) is 19.3 Å². The van der Waals surface area contributed by atoms with E-state index in [-0.39, 0.29) is 11.3 Å². The Hall–Kier alpha value is -3.90. The molecule has 0 aromatic heterocycles. The van der Waals surface area contributed by atoms with Gasteiger partial charge in [0.25, 0.3) is 5.91 Å². The van der Waals surface area contributed by atoms with Crippen molar-refractivity contribution in [1.82, 2.24) is 9.81 Å².